The number of nitrogens with one attached hydrogen (secondary N) is 2. The monoisotopic (exact) mass is 352 g/mol. The Morgan fingerprint density at radius 1 is 1.12 bits per heavy atom. The highest BCUT2D eigenvalue weighted by atomic mass is 19.1. The Morgan fingerprint density at radius 3 is 2.58 bits per heavy atom. The number of halogens is 1. The van der Waals surface area contributed by atoms with Gasteiger partial charge in [-0.15, -0.1) is 0 Å². The van der Waals surface area contributed by atoms with Crippen LogP contribution in [-0.4, -0.2) is 23.0 Å². The summed E-state index contributed by atoms with van der Waals surface area (Å²) < 4.78 is 18.3. The first-order valence-corrected chi connectivity index (χ1v) is 7.90. The van der Waals surface area contributed by atoms with Gasteiger partial charge in [-0.3, -0.25) is 4.79 Å². The largest absolute Gasteiger partial charge is 0.497 e. The zero-order valence-corrected chi connectivity index (χ0v) is 14.1. The van der Waals surface area contributed by atoms with E-state index in [4.69, 9.17) is 4.74 Å². The maximum absolute atomic E-state index is 13.1. The molecule has 1 amide bonds. The molecule has 0 fully saturated rings. The molecule has 26 heavy (non-hydrogen) atoms. The van der Waals surface area contributed by atoms with Crippen molar-refractivity contribution in [3.8, 4) is 5.75 Å². The number of ether oxygens (including phenoxy) is 1. The Hall–Kier alpha value is -3.48. The summed E-state index contributed by atoms with van der Waals surface area (Å²) in [7, 11) is 1.62. The highest BCUT2D eigenvalue weighted by Gasteiger charge is 2.09. The van der Waals surface area contributed by atoms with Crippen molar-refractivity contribution < 1.29 is 13.9 Å². The van der Waals surface area contributed by atoms with Gasteiger partial charge < -0.3 is 15.4 Å². The van der Waals surface area contributed by atoms with Crippen molar-refractivity contribution in [1.29, 1.82) is 0 Å². The number of rotatable bonds is 6. The number of aromatic nitrogens is 2. The van der Waals surface area contributed by atoms with Gasteiger partial charge in [-0.05, 0) is 35.9 Å². The van der Waals surface area contributed by atoms with Gasteiger partial charge in [0.25, 0.3) is 5.91 Å². The number of hydrogen-bond donors (Lipinski definition) is 2. The van der Waals surface area contributed by atoms with Crippen molar-refractivity contribution in [3.05, 3.63) is 78.0 Å². The number of carbonyl (C=O) groups excluding carboxylic acids is 1. The van der Waals surface area contributed by atoms with Crippen LogP contribution in [0.2, 0.25) is 0 Å². The molecule has 7 heteroatoms. The molecule has 0 bridgehead atoms. The Labute approximate surface area is 150 Å². The Kier molecular flexibility index (Phi) is 5.38. The predicted molar refractivity (Wildman–Crippen MR) is 96.7 cm³/mol. The first-order chi connectivity index (χ1) is 12.6. The summed E-state index contributed by atoms with van der Waals surface area (Å²) in [5.74, 6) is 0.460. The van der Waals surface area contributed by atoms with Crippen molar-refractivity contribution in [3.63, 3.8) is 0 Å². The molecule has 0 aliphatic rings. The Bertz CT molecular complexity index is 883. The lowest BCUT2D eigenvalue weighted by atomic mass is 10.2. The minimum Gasteiger partial charge on any atom is -0.497 e. The van der Waals surface area contributed by atoms with Crippen LogP contribution in [0, 0.1) is 5.82 Å². The van der Waals surface area contributed by atoms with Crippen molar-refractivity contribution in [1.82, 2.24) is 9.97 Å². The van der Waals surface area contributed by atoms with Gasteiger partial charge in [-0.2, -0.15) is 0 Å². The van der Waals surface area contributed by atoms with Gasteiger partial charge in [-0.1, -0.05) is 18.2 Å². The second kappa shape index (κ2) is 8.06. The van der Waals surface area contributed by atoms with Gasteiger partial charge in [0.2, 0.25) is 0 Å². The zero-order chi connectivity index (χ0) is 18.4. The van der Waals surface area contributed by atoms with E-state index in [1.54, 1.807) is 13.2 Å². The average Bonchev–Trinajstić information content (AvgIpc) is 2.67. The molecule has 0 atom stereocenters. The highest BCUT2D eigenvalue weighted by Crippen LogP contribution is 2.13. The van der Waals surface area contributed by atoms with Gasteiger partial charge in [-0.25, -0.2) is 14.4 Å². The SMILES string of the molecule is COc1ccc(CNc2cnc(C(=O)Nc3cccc(F)c3)cn2)cc1. The summed E-state index contributed by atoms with van der Waals surface area (Å²) in [6, 6.07) is 13.3. The first kappa shape index (κ1) is 17.3. The summed E-state index contributed by atoms with van der Waals surface area (Å²) in [6.07, 6.45) is 2.84. The smallest absolute Gasteiger partial charge is 0.275 e. The van der Waals surface area contributed by atoms with Gasteiger partial charge in [0.15, 0.2) is 0 Å². The maximum atomic E-state index is 13.1. The van der Waals surface area contributed by atoms with Gasteiger partial charge in [0.05, 0.1) is 19.5 Å². The zero-order valence-electron chi connectivity index (χ0n) is 14.1. The number of amides is 1. The second-order valence-corrected chi connectivity index (χ2v) is 5.45. The number of carbonyl (C=O) groups is 1. The average molecular weight is 352 g/mol. The molecule has 132 valence electrons. The van der Waals surface area contributed by atoms with Crippen LogP contribution in [0.3, 0.4) is 0 Å². The van der Waals surface area contributed by atoms with Crippen LogP contribution in [0.15, 0.2) is 60.9 Å². The molecular formula is C19H17FN4O2. The topological polar surface area (TPSA) is 76.1 Å². The molecule has 0 aliphatic carbocycles. The standard InChI is InChI=1S/C19H17FN4O2/c1-26-16-7-5-13(6-8-16)10-22-18-12-21-17(11-23-18)19(25)24-15-4-2-3-14(20)9-15/h2-9,11-12H,10H2,1H3,(H,22,23)(H,24,25). The number of methoxy groups -OCH3 is 1. The van der Waals surface area contributed by atoms with Crippen LogP contribution in [0.4, 0.5) is 15.9 Å². The molecule has 6 nitrogen and oxygen atoms in total. The molecule has 0 saturated heterocycles. The van der Waals surface area contributed by atoms with Crippen LogP contribution >= 0.6 is 0 Å². The minimum absolute atomic E-state index is 0.143. The summed E-state index contributed by atoms with van der Waals surface area (Å²) >= 11 is 0. The molecule has 0 aliphatic heterocycles. The quantitative estimate of drug-likeness (QED) is 0.710. The normalized spacial score (nSPS) is 10.2. The lowest BCUT2D eigenvalue weighted by molar-refractivity contribution is 0.102. The molecular weight excluding hydrogens is 335 g/mol. The van der Waals surface area contributed by atoms with Crippen molar-refractivity contribution in [2.75, 3.05) is 17.7 Å². The van der Waals surface area contributed by atoms with E-state index in [-0.39, 0.29) is 5.69 Å². The van der Waals surface area contributed by atoms with E-state index in [1.165, 1.54) is 30.6 Å². The molecule has 0 saturated carbocycles. The Balaban J connectivity index is 1.57. The van der Waals surface area contributed by atoms with Gasteiger partial charge in [0, 0.05) is 12.2 Å². The van der Waals surface area contributed by atoms with Crippen molar-refractivity contribution >= 4 is 17.4 Å². The highest BCUT2D eigenvalue weighted by molar-refractivity contribution is 6.02. The third-order valence-electron chi connectivity index (χ3n) is 3.60. The number of hydrogen-bond acceptors (Lipinski definition) is 5. The fourth-order valence-electron chi connectivity index (χ4n) is 2.23. The number of anilines is 2. The summed E-state index contributed by atoms with van der Waals surface area (Å²) in [5, 5.41) is 5.70. The number of nitrogens with zero attached hydrogens (tertiary/aromatic N) is 2. The minimum atomic E-state index is -0.454. The molecule has 0 spiro atoms. The predicted octanol–water partition coefficient (Wildman–Crippen LogP) is 3.49. The first-order valence-electron chi connectivity index (χ1n) is 7.90. The van der Waals surface area contributed by atoms with Crippen LogP contribution in [0.5, 0.6) is 5.75 Å². The van der Waals surface area contributed by atoms with Crippen molar-refractivity contribution in [2.24, 2.45) is 0 Å². The van der Waals surface area contributed by atoms with Crippen LogP contribution in [-0.2, 0) is 6.54 Å². The van der Waals surface area contributed by atoms with Gasteiger partial charge >= 0.3 is 0 Å². The summed E-state index contributed by atoms with van der Waals surface area (Å²) in [6.45, 7) is 0.563. The van der Waals surface area contributed by atoms with Crippen LogP contribution in [0.25, 0.3) is 0 Å². The van der Waals surface area contributed by atoms with Crippen molar-refractivity contribution in [2.45, 2.75) is 6.54 Å². The third kappa shape index (κ3) is 4.54. The van der Waals surface area contributed by atoms with E-state index >= 15 is 0 Å². The lowest BCUT2D eigenvalue weighted by Crippen LogP contribution is -2.14. The summed E-state index contributed by atoms with van der Waals surface area (Å²) in [5.41, 5.74) is 1.56. The van der Waals surface area contributed by atoms with E-state index in [0.717, 1.165) is 11.3 Å². The molecule has 3 rings (SSSR count). The molecule has 1 heterocycles. The maximum Gasteiger partial charge on any atom is 0.275 e. The molecule has 2 aromatic carbocycles. The van der Waals surface area contributed by atoms with E-state index in [9.17, 15) is 9.18 Å². The number of benzene rings is 2. The molecule has 0 unspecified atom stereocenters. The lowest BCUT2D eigenvalue weighted by Gasteiger charge is -2.08. The fourth-order valence-corrected chi connectivity index (χ4v) is 2.23. The molecule has 2 N–H and O–H groups in total. The van der Waals surface area contributed by atoms with E-state index in [2.05, 4.69) is 20.6 Å². The molecule has 1 aromatic heterocycles. The van der Waals surface area contributed by atoms with Crippen LogP contribution < -0.4 is 15.4 Å². The second-order valence-electron chi connectivity index (χ2n) is 5.45. The Morgan fingerprint density at radius 2 is 1.92 bits per heavy atom. The van der Waals surface area contributed by atoms with Crippen LogP contribution in [0.1, 0.15) is 16.1 Å². The van der Waals surface area contributed by atoms with E-state index in [0.29, 0.717) is 18.1 Å². The summed E-state index contributed by atoms with van der Waals surface area (Å²) in [4.78, 5) is 20.4. The fraction of sp³-hybridized carbons (Fsp3) is 0.105. The van der Waals surface area contributed by atoms with Gasteiger partial charge in [0.1, 0.15) is 23.1 Å². The molecule has 0 radical (unpaired) electrons. The third-order valence-corrected chi connectivity index (χ3v) is 3.60. The van der Waals surface area contributed by atoms with E-state index in [1.807, 2.05) is 24.3 Å². The molecule has 3 aromatic rings. The van der Waals surface area contributed by atoms with E-state index < -0.39 is 11.7 Å².